The third-order valence-electron chi connectivity index (χ3n) is 5.49. The normalized spacial score (nSPS) is 19.0. The molecule has 1 aliphatic rings. The molecule has 0 aromatic heterocycles. The highest BCUT2D eigenvalue weighted by Crippen LogP contribution is 2.44. The molecule has 2 atom stereocenters. The van der Waals surface area contributed by atoms with E-state index in [9.17, 15) is 22.8 Å². The van der Waals surface area contributed by atoms with Gasteiger partial charge in [0, 0.05) is 27.3 Å². The fourth-order valence-corrected chi connectivity index (χ4v) is 4.39. The molecule has 174 valence electrons. The first-order valence-corrected chi connectivity index (χ1v) is 11.0. The number of hydrogen-bond acceptors (Lipinski definition) is 4. The van der Waals surface area contributed by atoms with Crippen molar-refractivity contribution in [1.29, 1.82) is 5.41 Å². The summed E-state index contributed by atoms with van der Waals surface area (Å²) in [7, 11) is 0. The molecule has 0 amide bonds. The van der Waals surface area contributed by atoms with Gasteiger partial charge in [0.25, 0.3) is 0 Å². The monoisotopic (exact) mass is 522 g/mol. The molecule has 0 spiro atoms. The van der Waals surface area contributed by atoms with E-state index in [1.54, 1.807) is 38.1 Å². The summed E-state index contributed by atoms with van der Waals surface area (Å²) in [6, 6.07) is 11.5. The molecular formula is C24H22BrF3N2O3. The second-order valence-electron chi connectivity index (χ2n) is 7.58. The molecule has 1 heterocycles. The van der Waals surface area contributed by atoms with E-state index >= 15 is 0 Å². The Balaban J connectivity index is 2.27. The first-order chi connectivity index (χ1) is 15.5. The van der Waals surface area contributed by atoms with Crippen LogP contribution in [0, 0.1) is 11.3 Å². The van der Waals surface area contributed by atoms with Gasteiger partial charge in [0.2, 0.25) is 0 Å². The van der Waals surface area contributed by atoms with Gasteiger partial charge >= 0.3 is 12.1 Å². The van der Waals surface area contributed by atoms with E-state index in [2.05, 4.69) is 15.9 Å². The molecule has 0 aliphatic carbocycles. The van der Waals surface area contributed by atoms with Gasteiger partial charge in [0.05, 0.1) is 12.2 Å². The van der Waals surface area contributed by atoms with E-state index in [4.69, 9.17) is 10.1 Å². The number of rotatable bonds is 5. The van der Waals surface area contributed by atoms with Crippen LogP contribution in [-0.2, 0) is 20.5 Å². The van der Waals surface area contributed by atoms with Gasteiger partial charge in [-0.3, -0.25) is 15.0 Å². The fraction of sp³-hybridized carbons (Fsp3) is 0.292. The maximum atomic E-state index is 13.3. The van der Waals surface area contributed by atoms with E-state index in [0.717, 1.165) is 16.6 Å². The van der Waals surface area contributed by atoms with Gasteiger partial charge in [-0.2, -0.15) is 13.2 Å². The smallest absolute Gasteiger partial charge is 0.416 e. The highest BCUT2D eigenvalue weighted by Gasteiger charge is 2.46. The van der Waals surface area contributed by atoms with E-state index in [1.165, 1.54) is 24.0 Å². The van der Waals surface area contributed by atoms with Gasteiger partial charge in [-0.15, -0.1) is 0 Å². The van der Waals surface area contributed by atoms with Gasteiger partial charge in [-0.05, 0) is 56.7 Å². The van der Waals surface area contributed by atoms with Crippen molar-refractivity contribution in [2.24, 2.45) is 5.92 Å². The second kappa shape index (κ2) is 9.51. The van der Waals surface area contributed by atoms with Crippen molar-refractivity contribution in [2.75, 3.05) is 11.5 Å². The molecule has 5 nitrogen and oxygen atoms in total. The largest absolute Gasteiger partial charge is 0.465 e. The summed E-state index contributed by atoms with van der Waals surface area (Å²) >= 11 is 3.36. The lowest BCUT2D eigenvalue weighted by Crippen LogP contribution is -2.48. The molecule has 9 heteroatoms. The quantitative estimate of drug-likeness (QED) is 0.482. The van der Waals surface area contributed by atoms with Crippen molar-refractivity contribution in [3.63, 3.8) is 0 Å². The van der Waals surface area contributed by atoms with Gasteiger partial charge in [-0.1, -0.05) is 34.1 Å². The van der Waals surface area contributed by atoms with Crippen LogP contribution in [0.1, 0.15) is 37.8 Å². The average molecular weight is 523 g/mol. The van der Waals surface area contributed by atoms with Crippen molar-refractivity contribution < 1.29 is 27.5 Å². The van der Waals surface area contributed by atoms with Crippen molar-refractivity contribution >= 4 is 39.2 Å². The number of nitrogens with one attached hydrogen (secondary N) is 1. The van der Waals surface area contributed by atoms with Crippen LogP contribution in [0.15, 0.2) is 64.3 Å². The first kappa shape index (κ1) is 24.7. The molecule has 2 aromatic rings. The van der Waals surface area contributed by atoms with Crippen molar-refractivity contribution in [3.8, 4) is 0 Å². The van der Waals surface area contributed by atoms with Gasteiger partial charge < -0.3 is 9.64 Å². The number of nitrogens with zero attached hydrogens (tertiary/aromatic N) is 1. The van der Waals surface area contributed by atoms with E-state index in [-0.39, 0.29) is 29.5 Å². The fourth-order valence-electron chi connectivity index (χ4n) is 4.13. The third-order valence-corrected chi connectivity index (χ3v) is 6.01. The van der Waals surface area contributed by atoms with Crippen molar-refractivity contribution in [2.45, 2.75) is 32.9 Å². The lowest BCUT2D eigenvalue weighted by atomic mass is 9.74. The number of benzene rings is 2. The number of anilines is 1. The van der Waals surface area contributed by atoms with Crippen LogP contribution in [0.25, 0.3) is 0 Å². The molecule has 2 aromatic carbocycles. The minimum Gasteiger partial charge on any atom is -0.465 e. The lowest BCUT2D eigenvalue weighted by Gasteiger charge is -2.41. The number of allylic oxidation sites excluding steroid dienone is 2. The molecule has 1 aliphatic heterocycles. The Morgan fingerprint density at radius 2 is 1.79 bits per heavy atom. The van der Waals surface area contributed by atoms with Crippen LogP contribution >= 0.6 is 15.9 Å². The number of carbonyl (C=O) groups is 2. The zero-order valence-electron chi connectivity index (χ0n) is 18.2. The summed E-state index contributed by atoms with van der Waals surface area (Å²) in [4.78, 5) is 27.0. The first-order valence-electron chi connectivity index (χ1n) is 10.2. The Kier molecular flexibility index (Phi) is 7.11. The summed E-state index contributed by atoms with van der Waals surface area (Å²) in [5.41, 5.74) is 0.292. The maximum Gasteiger partial charge on any atom is 0.416 e. The van der Waals surface area contributed by atoms with Gasteiger partial charge in [-0.25, -0.2) is 0 Å². The van der Waals surface area contributed by atoms with E-state index in [0.29, 0.717) is 11.3 Å². The minimum absolute atomic E-state index is 0.0367. The van der Waals surface area contributed by atoms with Crippen LogP contribution < -0.4 is 4.90 Å². The average Bonchev–Trinajstić information content (AvgIpc) is 2.73. The molecule has 2 unspecified atom stereocenters. The summed E-state index contributed by atoms with van der Waals surface area (Å²) < 4.78 is 46.0. The Hall–Kier alpha value is -2.94. The highest BCUT2D eigenvalue weighted by atomic mass is 79.9. The molecular weight excluding hydrogens is 501 g/mol. The summed E-state index contributed by atoms with van der Waals surface area (Å²) in [6.45, 7) is 4.58. The minimum atomic E-state index is -4.59. The third kappa shape index (κ3) is 4.88. The predicted octanol–water partition coefficient (Wildman–Crippen LogP) is 6.09. The number of ether oxygens (including phenoxy) is 1. The summed E-state index contributed by atoms with van der Waals surface area (Å²) in [5, 5.41) is 8.85. The van der Waals surface area contributed by atoms with Crippen LogP contribution in [0.2, 0.25) is 0 Å². The SMILES string of the molecule is CCOC(=O)C1C(=N)N(c2cccc(C(F)(F)F)c2)C(C)=C(C(C)=O)C1c1ccc(Br)cc1. The Morgan fingerprint density at radius 1 is 1.15 bits per heavy atom. The van der Waals surface area contributed by atoms with Gasteiger partial charge in [0.1, 0.15) is 11.8 Å². The highest BCUT2D eigenvalue weighted by molar-refractivity contribution is 9.10. The number of halogens is 4. The second-order valence-corrected chi connectivity index (χ2v) is 8.50. The Labute approximate surface area is 197 Å². The van der Waals surface area contributed by atoms with Crippen LogP contribution in [0.5, 0.6) is 0 Å². The number of esters is 1. The number of alkyl halides is 3. The van der Waals surface area contributed by atoms with Crippen molar-refractivity contribution in [1.82, 2.24) is 0 Å². The molecule has 0 radical (unpaired) electrons. The molecule has 33 heavy (non-hydrogen) atoms. The number of Topliss-reactive ketones (excluding diaryl/α,β-unsaturated/α-hetero) is 1. The zero-order valence-corrected chi connectivity index (χ0v) is 19.8. The summed E-state index contributed by atoms with van der Waals surface area (Å²) in [6.07, 6.45) is -4.59. The lowest BCUT2D eigenvalue weighted by molar-refractivity contribution is -0.146. The van der Waals surface area contributed by atoms with Gasteiger partial charge in [0.15, 0.2) is 5.78 Å². The standard InChI is InChI=1S/C24H22BrF3N2O3/c1-4-33-23(32)21-20(15-8-10-17(25)11-9-15)19(14(3)31)13(2)30(22(21)29)18-7-5-6-16(12-18)24(26,27)28/h5-12,20-21,29H,4H2,1-3H3. The molecule has 0 saturated carbocycles. The molecule has 0 saturated heterocycles. The molecule has 0 bridgehead atoms. The van der Waals surface area contributed by atoms with Crippen molar-refractivity contribution in [3.05, 3.63) is 75.4 Å². The number of carbonyl (C=O) groups excluding carboxylic acids is 2. The molecule has 1 N–H and O–H groups in total. The molecule has 0 fully saturated rings. The Bertz CT molecular complexity index is 1130. The molecule has 3 rings (SSSR count). The Morgan fingerprint density at radius 3 is 2.33 bits per heavy atom. The number of hydrogen-bond donors (Lipinski definition) is 1. The van der Waals surface area contributed by atoms with E-state index < -0.39 is 29.5 Å². The zero-order chi connectivity index (χ0) is 24.5. The number of ketones is 1. The maximum absolute atomic E-state index is 13.3. The summed E-state index contributed by atoms with van der Waals surface area (Å²) in [5.74, 6) is -3.37. The predicted molar refractivity (Wildman–Crippen MR) is 122 cm³/mol. The van der Waals surface area contributed by atoms with Crippen LogP contribution in [0.3, 0.4) is 0 Å². The number of amidine groups is 1. The van der Waals surface area contributed by atoms with Crippen LogP contribution in [-0.4, -0.2) is 24.2 Å². The van der Waals surface area contributed by atoms with E-state index in [1.807, 2.05) is 0 Å². The topological polar surface area (TPSA) is 70.5 Å². The van der Waals surface area contributed by atoms with Crippen LogP contribution in [0.4, 0.5) is 18.9 Å².